The molecule has 0 radical (unpaired) electrons. The first kappa shape index (κ1) is 21.9. The number of morpholine rings is 1. The number of urea groups is 1. The second kappa shape index (κ2) is 8.88. The molecule has 1 unspecified atom stereocenters. The van der Waals surface area contributed by atoms with Crippen LogP contribution in [-0.4, -0.2) is 75.4 Å². The predicted molar refractivity (Wildman–Crippen MR) is 136 cm³/mol. The van der Waals surface area contributed by atoms with E-state index >= 15 is 0 Å². The van der Waals surface area contributed by atoms with E-state index in [1.54, 1.807) is 0 Å². The zero-order valence-electron chi connectivity index (χ0n) is 20.1. The molecule has 3 aromatic rings. The van der Waals surface area contributed by atoms with Crippen LogP contribution in [-0.2, 0) is 11.2 Å². The van der Waals surface area contributed by atoms with Crippen molar-refractivity contribution in [2.24, 2.45) is 0 Å². The summed E-state index contributed by atoms with van der Waals surface area (Å²) in [6.07, 6.45) is 7.79. The Morgan fingerprint density at radius 1 is 1.17 bits per heavy atom. The molecule has 182 valence electrons. The van der Waals surface area contributed by atoms with Crippen molar-refractivity contribution < 1.29 is 9.53 Å². The van der Waals surface area contributed by atoms with Crippen molar-refractivity contribution in [3.63, 3.8) is 0 Å². The first-order valence-corrected chi connectivity index (χ1v) is 12.4. The number of pyridine rings is 1. The number of amides is 2. The third-order valence-corrected chi connectivity index (χ3v) is 7.15. The van der Waals surface area contributed by atoms with Crippen LogP contribution in [0.4, 0.5) is 22.0 Å². The van der Waals surface area contributed by atoms with E-state index in [2.05, 4.69) is 44.0 Å². The van der Waals surface area contributed by atoms with Crippen molar-refractivity contribution >= 4 is 34.1 Å². The highest BCUT2D eigenvalue weighted by atomic mass is 16.5. The maximum atomic E-state index is 13.1. The molecule has 1 saturated heterocycles. The Bertz CT molecular complexity index is 1280. The number of benzene rings is 1. The standard InChI is InChI=1S/C26H31N7O2/c1-16-14-33(15-17(2)35-16)26(34)32-9-6-18(7-10-32)24-12-21-23(5-8-27-25(21)30-24)29-20-3-4-22-19(11-20)13-28-31-22/h3-6,8,11,13,16-17,24H,7,9-10,12,14-15H2,1-2H3,(H,28,31)(H2,27,29,30)/t16-,17+,24?. The summed E-state index contributed by atoms with van der Waals surface area (Å²) < 4.78 is 5.78. The van der Waals surface area contributed by atoms with Crippen LogP contribution in [0.1, 0.15) is 25.8 Å². The number of fused-ring (bicyclic) bond motifs is 2. The van der Waals surface area contributed by atoms with Gasteiger partial charge in [0.25, 0.3) is 0 Å². The number of rotatable bonds is 3. The summed E-state index contributed by atoms with van der Waals surface area (Å²) in [6, 6.07) is 8.54. The number of anilines is 3. The molecule has 0 aliphatic carbocycles. The SMILES string of the molecule is C[C@@H]1CN(C(=O)N2CC=C(C3Cc4c(Nc5ccc6[nH]ncc6c5)ccnc4N3)CC2)C[C@H](C)O1. The molecule has 1 aromatic carbocycles. The molecule has 2 amide bonds. The maximum absolute atomic E-state index is 13.1. The molecule has 9 heteroatoms. The number of aromatic nitrogens is 3. The Labute approximate surface area is 204 Å². The fraction of sp³-hybridized carbons (Fsp3) is 0.423. The van der Waals surface area contributed by atoms with E-state index in [0.29, 0.717) is 19.6 Å². The number of hydrogen-bond acceptors (Lipinski definition) is 6. The minimum Gasteiger partial charge on any atom is -0.372 e. The molecule has 3 aliphatic heterocycles. The van der Waals surface area contributed by atoms with Gasteiger partial charge < -0.3 is 25.2 Å². The molecule has 5 heterocycles. The maximum Gasteiger partial charge on any atom is 0.320 e. The molecular formula is C26H31N7O2. The predicted octanol–water partition coefficient (Wildman–Crippen LogP) is 3.90. The van der Waals surface area contributed by atoms with E-state index in [1.165, 1.54) is 11.1 Å². The van der Waals surface area contributed by atoms with E-state index in [-0.39, 0.29) is 24.3 Å². The first-order chi connectivity index (χ1) is 17.0. The minimum atomic E-state index is 0.0803. The first-order valence-electron chi connectivity index (χ1n) is 12.4. The van der Waals surface area contributed by atoms with Crippen LogP contribution in [0.25, 0.3) is 10.9 Å². The van der Waals surface area contributed by atoms with Gasteiger partial charge in [-0.25, -0.2) is 9.78 Å². The number of carbonyl (C=O) groups excluding carboxylic acids is 1. The molecule has 6 rings (SSSR count). The summed E-state index contributed by atoms with van der Waals surface area (Å²) in [5, 5.41) is 15.3. The average molecular weight is 474 g/mol. The number of nitrogens with one attached hydrogen (secondary N) is 3. The van der Waals surface area contributed by atoms with Gasteiger partial charge in [0.05, 0.1) is 30.0 Å². The molecule has 3 atom stereocenters. The Morgan fingerprint density at radius 2 is 2.03 bits per heavy atom. The number of H-pyrrole nitrogens is 1. The van der Waals surface area contributed by atoms with Crippen molar-refractivity contribution in [1.29, 1.82) is 0 Å². The fourth-order valence-corrected chi connectivity index (χ4v) is 5.47. The molecule has 0 saturated carbocycles. The lowest BCUT2D eigenvalue weighted by molar-refractivity contribution is -0.0580. The number of aromatic amines is 1. The second-order valence-electron chi connectivity index (χ2n) is 9.80. The molecule has 1 fully saturated rings. The van der Waals surface area contributed by atoms with E-state index < -0.39 is 0 Å². The molecule has 35 heavy (non-hydrogen) atoms. The highest BCUT2D eigenvalue weighted by Gasteiger charge is 2.32. The summed E-state index contributed by atoms with van der Waals surface area (Å²) in [6.45, 7) is 6.76. The van der Waals surface area contributed by atoms with Gasteiger partial charge >= 0.3 is 6.03 Å². The number of nitrogens with zero attached hydrogens (tertiary/aromatic N) is 4. The van der Waals surface area contributed by atoms with Crippen LogP contribution in [0.3, 0.4) is 0 Å². The van der Waals surface area contributed by atoms with Gasteiger partial charge in [-0.15, -0.1) is 0 Å². The largest absolute Gasteiger partial charge is 0.372 e. The van der Waals surface area contributed by atoms with Gasteiger partial charge in [-0.05, 0) is 50.1 Å². The topological polar surface area (TPSA) is 98.4 Å². The molecule has 9 nitrogen and oxygen atoms in total. The van der Waals surface area contributed by atoms with Crippen LogP contribution in [0.15, 0.2) is 48.3 Å². The average Bonchev–Trinajstić information content (AvgIpc) is 3.50. The van der Waals surface area contributed by atoms with Gasteiger partial charge in [0, 0.05) is 61.1 Å². The summed E-state index contributed by atoms with van der Waals surface area (Å²) in [4.78, 5) is 21.5. The van der Waals surface area contributed by atoms with Gasteiger partial charge in [0.15, 0.2) is 0 Å². The summed E-state index contributed by atoms with van der Waals surface area (Å²) in [5.74, 6) is 0.931. The lowest BCUT2D eigenvalue weighted by atomic mass is 9.97. The van der Waals surface area contributed by atoms with Crippen molar-refractivity contribution in [2.75, 3.05) is 36.8 Å². The minimum absolute atomic E-state index is 0.0803. The number of carbonyl (C=O) groups is 1. The Morgan fingerprint density at radius 3 is 2.83 bits per heavy atom. The molecule has 0 spiro atoms. The van der Waals surface area contributed by atoms with Gasteiger partial charge in [0.2, 0.25) is 0 Å². The van der Waals surface area contributed by atoms with E-state index in [0.717, 1.165) is 47.5 Å². The lowest BCUT2D eigenvalue weighted by Crippen LogP contribution is -2.53. The third-order valence-electron chi connectivity index (χ3n) is 7.15. The van der Waals surface area contributed by atoms with Crippen molar-refractivity contribution in [3.05, 3.63) is 53.9 Å². The van der Waals surface area contributed by atoms with Crippen LogP contribution in [0.2, 0.25) is 0 Å². The smallest absolute Gasteiger partial charge is 0.320 e. The monoisotopic (exact) mass is 473 g/mol. The molecule has 3 N–H and O–H groups in total. The van der Waals surface area contributed by atoms with Crippen molar-refractivity contribution in [3.8, 4) is 0 Å². The third kappa shape index (κ3) is 4.32. The van der Waals surface area contributed by atoms with Crippen LogP contribution < -0.4 is 10.6 Å². The van der Waals surface area contributed by atoms with Gasteiger partial charge in [-0.3, -0.25) is 5.10 Å². The summed E-state index contributed by atoms with van der Waals surface area (Å²) in [7, 11) is 0. The highest BCUT2D eigenvalue weighted by Crippen LogP contribution is 2.35. The Hall–Kier alpha value is -3.59. The highest BCUT2D eigenvalue weighted by molar-refractivity contribution is 5.83. The van der Waals surface area contributed by atoms with Crippen LogP contribution >= 0.6 is 0 Å². The van der Waals surface area contributed by atoms with Crippen LogP contribution in [0.5, 0.6) is 0 Å². The van der Waals surface area contributed by atoms with E-state index in [1.807, 2.05) is 48.2 Å². The zero-order chi connectivity index (χ0) is 23.9. The summed E-state index contributed by atoms with van der Waals surface area (Å²) >= 11 is 0. The Kier molecular flexibility index (Phi) is 5.56. The van der Waals surface area contributed by atoms with E-state index in [9.17, 15) is 4.79 Å². The second-order valence-corrected chi connectivity index (χ2v) is 9.80. The lowest BCUT2D eigenvalue weighted by Gasteiger charge is -2.39. The van der Waals surface area contributed by atoms with E-state index in [4.69, 9.17) is 4.74 Å². The molecular weight excluding hydrogens is 442 g/mol. The van der Waals surface area contributed by atoms with Gasteiger partial charge in [-0.1, -0.05) is 6.08 Å². The normalized spacial score (nSPS) is 24.2. The van der Waals surface area contributed by atoms with Gasteiger partial charge in [0.1, 0.15) is 5.82 Å². The quantitative estimate of drug-likeness (QED) is 0.499. The number of ether oxygens (including phenoxy) is 1. The number of hydrogen-bond donors (Lipinski definition) is 3. The molecule has 2 aromatic heterocycles. The summed E-state index contributed by atoms with van der Waals surface area (Å²) in [5.41, 5.74) is 5.65. The fourth-order valence-electron chi connectivity index (χ4n) is 5.47. The van der Waals surface area contributed by atoms with Crippen molar-refractivity contribution in [2.45, 2.75) is 44.9 Å². The van der Waals surface area contributed by atoms with Crippen LogP contribution in [0, 0.1) is 0 Å². The molecule has 0 bridgehead atoms. The van der Waals surface area contributed by atoms with Crippen molar-refractivity contribution in [1.82, 2.24) is 25.0 Å². The Balaban J connectivity index is 1.12. The molecule has 3 aliphatic rings. The van der Waals surface area contributed by atoms with Gasteiger partial charge in [-0.2, -0.15) is 5.10 Å². The zero-order valence-corrected chi connectivity index (χ0v) is 20.1.